The van der Waals surface area contributed by atoms with Crippen molar-refractivity contribution < 1.29 is 9.85 Å². The number of nitrogens with zero attached hydrogens (tertiary/aromatic N) is 6. The summed E-state index contributed by atoms with van der Waals surface area (Å²) < 4.78 is 0. The van der Waals surface area contributed by atoms with E-state index in [1.54, 1.807) is 0 Å². The van der Waals surface area contributed by atoms with Gasteiger partial charge in [0.25, 0.3) is 11.4 Å². The van der Waals surface area contributed by atoms with Gasteiger partial charge >= 0.3 is 0 Å². The van der Waals surface area contributed by atoms with Crippen LogP contribution >= 0.6 is 11.8 Å². The molecule has 0 aliphatic carbocycles. The molecular formula is C8H7N7O4S. The molecule has 1 heterocycles. The molecule has 0 radical (unpaired) electrons. The van der Waals surface area contributed by atoms with Crippen LogP contribution in [-0.4, -0.2) is 30.2 Å². The Kier molecular flexibility index (Phi) is 3.74. The Labute approximate surface area is 115 Å². The topological polar surface area (TPSA) is 156 Å². The first-order valence-corrected chi connectivity index (χ1v) is 6.05. The smallest absolute Gasteiger partial charge is 0.276 e. The van der Waals surface area contributed by atoms with Crippen molar-refractivity contribution in [1.82, 2.24) is 20.3 Å². The normalized spacial score (nSPS) is 10.4. The van der Waals surface area contributed by atoms with Crippen LogP contribution in [0.15, 0.2) is 23.4 Å². The molecule has 11 nitrogen and oxygen atoms in total. The van der Waals surface area contributed by atoms with E-state index in [9.17, 15) is 20.2 Å². The van der Waals surface area contributed by atoms with Gasteiger partial charge in [-0.25, -0.2) is 0 Å². The van der Waals surface area contributed by atoms with E-state index in [2.05, 4.69) is 15.5 Å². The van der Waals surface area contributed by atoms with Crippen LogP contribution in [0.3, 0.4) is 0 Å². The molecule has 0 saturated carbocycles. The van der Waals surface area contributed by atoms with Crippen molar-refractivity contribution in [2.45, 2.75) is 10.9 Å². The summed E-state index contributed by atoms with van der Waals surface area (Å²) in [5, 5.41) is 32.1. The molecule has 0 amide bonds. The average Bonchev–Trinajstić information content (AvgIpc) is 2.81. The largest absolute Gasteiger partial charge is 0.319 e. The summed E-state index contributed by atoms with van der Waals surface area (Å²) in [6, 6.07) is 3.41. The standard InChI is InChI=1S/C8H7N7O4S/c9-13-8(10-11-12-13)20-4-5-1-6(14(16)17)3-7(2-5)15(18)19/h1-3H,4,9H2. The Bertz CT molecular complexity index is 640. The number of non-ortho nitro benzene ring substituents is 2. The van der Waals surface area contributed by atoms with Crippen LogP contribution in [0, 0.1) is 20.2 Å². The minimum absolute atomic E-state index is 0.208. The molecule has 2 rings (SSSR count). The fraction of sp³-hybridized carbons (Fsp3) is 0.125. The second kappa shape index (κ2) is 5.48. The molecule has 0 unspecified atom stereocenters. The number of nitro benzene ring substituents is 2. The molecule has 104 valence electrons. The van der Waals surface area contributed by atoms with Crippen molar-refractivity contribution in [2.75, 3.05) is 5.84 Å². The predicted octanol–water partition coefficient (Wildman–Crippen LogP) is 0.496. The highest BCUT2D eigenvalue weighted by atomic mass is 32.2. The highest BCUT2D eigenvalue weighted by Gasteiger charge is 2.17. The van der Waals surface area contributed by atoms with Gasteiger partial charge in [0.05, 0.1) is 15.9 Å². The number of tetrazole rings is 1. The van der Waals surface area contributed by atoms with Gasteiger partial charge in [-0.05, 0) is 16.0 Å². The summed E-state index contributed by atoms with van der Waals surface area (Å²) in [5.41, 5.74) is -0.289. The number of nitro groups is 2. The summed E-state index contributed by atoms with van der Waals surface area (Å²) in [5.74, 6) is 5.61. The third kappa shape index (κ3) is 2.97. The first-order chi connectivity index (χ1) is 9.47. The molecule has 0 aliphatic rings. The van der Waals surface area contributed by atoms with E-state index in [4.69, 9.17) is 5.84 Å². The van der Waals surface area contributed by atoms with Gasteiger partial charge in [-0.1, -0.05) is 16.9 Å². The Hall–Kier alpha value is -2.76. The van der Waals surface area contributed by atoms with Crippen molar-refractivity contribution in [2.24, 2.45) is 0 Å². The summed E-state index contributed by atoms with van der Waals surface area (Å²) in [7, 11) is 0. The molecule has 1 aromatic heterocycles. The van der Waals surface area contributed by atoms with E-state index in [-0.39, 0.29) is 17.1 Å². The summed E-state index contributed by atoms with van der Waals surface area (Å²) in [6.45, 7) is 0. The highest BCUT2D eigenvalue weighted by Crippen LogP contribution is 2.26. The van der Waals surface area contributed by atoms with Gasteiger partial charge < -0.3 is 5.84 Å². The van der Waals surface area contributed by atoms with Crippen LogP contribution in [0.4, 0.5) is 11.4 Å². The monoisotopic (exact) mass is 297 g/mol. The van der Waals surface area contributed by atoms with Crippen molar-refractivity contribution in [3.05, 3.63) is 44.0 Å². The molecule has 12 heteroatoms. The average molecular weight is 297 g/mol. The summed E-state index contributed by atoms with van der Waals surface area (Å²) in [6.07, 6.45) is 0. The second-order valence-corrected chi connectivity index (χ2v) is 4.51. The third-order valence-electron chi connectivity index (χ3n) is 2.21. The summed E-state index contributed by atoms with van der Waals surface area (Å²) >= 11 is 1.10. The van der Waals surface area contributed by atoms with Gasteiger partial charge in [0.1, 0.15) is 0 Å². The number of hydrogen-bond donors (Lipinski definition) is 1. The number of aromatic nitrogens is 4. The Balaban J connectivity index is 2.24. The molecular weight excluding hydrogens is 290 g/mol. The van der Waals surface area contributed by atoms with E-state index >= 15 is 0 Å². The van der Waals surface area contributed by atoms with Crippen molar-refractivity contribution in [3.63, 3.8) is 0 Å². The van der Waals surface area contributed by atoms with Gasteiger partial charge in [0, 0.05) is 17.9 Å². The van der Waals surface area contributed by atoms with Crippen molar-refractivity contribution >= 4 is 23.1 Å². The Morgan fingerprint density at radius 3 is 2.25 bits per heavy atom. The zero-order valence-corrected chi connectivity index (χ0v) is 10.6. The Morgan fingerprint density at radius 1 is 1.20 bits per heavy atom. The number of hydrogen-bond acceptors (Lipinski definition) is 9. The van der Waals surface area contributed by atoms with E-state index in [1.165, 1.54) is 12.1 Å². The predicted molar refractivity (Wildman–Crippen MR) is 67.3 cm³/mol. The third-order valence-corrected chi connectivity index (χ3v) is 3.22. The molecule has 0 atom stereocenters. The maximum absolute atomic E-state index is 10.7. The Morgan fingerprint density at radius 2 is 1.80 bits per heavy atom. The van der Waals surface area contributed by atoms with Gasteiger partial charge in [-0.3, -0.25) is 20.2 Å². The number of thioether (sulfide) groups is 1. The van der Waals surface area contributed by atoms with Crippen LogP contribution in [-0.2, 0) is 5.75 Å². The van der Waals surface area contributed by atoms with Crippen LogP contribution in [0.1, 0.15) is 5.56 Å². The second-order valence-electron chi connectivity index (χ2n) is 3.57. The fourth-order valence-electron chi connectivity index (χ4n) is 1.38. The molecule has 0 spiro atoms. The van der Waals surface area contributed by atoms with Crippen molar-refractivity contribution in [1.29, 1.82) is 0 Å². The molecule has 1 aromatic carbocycles. The minimum Gasteiger partial charge on any atom is -0.319 e. The van der Waals surface area contributed by atoms with Crippen LogP contribution < -0.4 is 5.84 Å². The number of benzene rings is 1. The number of nitrogens with two attached hydrogens (primary N) is 1. The van der Waals surface area contributed by atoms with Crippen LogP contribution in [0.5, 0.6) is 0 Å². The molecule has 2 N–H and O–H groups in total. The fourth-order valence-corrected chi connectivity index (χ4v) is 2.10. The lowest BCUT2D eigenvalue weighted by molar-refractivity contribution is -0.394. The highest BCUT2D eigenvalue weighted by molar-refractivity contribution is 7.98. The zero-order valence-electron chi connectivity index (χ0n) is 9.74. The molecule has 0 fully saturated rings. The van der Waals surface area contributed by atoms with Gasteiger partial charge in [0.15, 0.2) is 0 Å². The first kappa shape index (κ1) is 13.7. The van der Waals surface area contributed by atoms with E-state index in [0.29, 0.717) is 10.7 Å². The van der Waals surface area contributed by atoms with Gasteiger partial charge in [-0.2, -0.15) is 0 Å². The molecule has 0 bridgehead atoms. The lowest BCUT2D eigenvalue weighted by atomic mass is 10.2. The van der Waals surface area contributed by atoms with Crippen molar-refractivity contribution in [3.8, 4) is 0 Å². The van der Waals surface area contributed by atoms with Crippen LogP contribution in [0.25, 0.3) is 0 Å². The maximum atomic E-state index is 10.7. The summed E-state index contributed by atoms with van der Waals surface area (Å²) in [4.78, 5) is 21.0. The first-order valence-electron chi connectivity index (χ1n) is 5.06. The number of nitrogen functional groups attached to an aromatic ring is 1. The SMILES string of the molecule is Nn1nnnc1SCc1cc([N+](=O)[O-])cc([N+](=O)[O-])c1. The lowest BCUT2D eigenvalue weighted by Crippen LogP contribution is -2.11. The zero-order chi connectivity index (χ0) is 14.7. The molecule has 20 heavy (non-hydrogen) atoms. The molecule has 0 saturated heterocycles. The van der Waals surface area contributed by atoms with Gasteiger partial charge in [-0.15, -0.1) is 4.79 Å². The van der Waals surface area contributed by atoms with Crippen LogP contribution in [0.2, 0.25) is 0 Å². The van der Waals surface area contributed by atoms with E-state index < -0.39 is 9.85 Å². The number of rotatable bonds is 5. The van der Waals surface area contributed by atoms with E-state index in [0.717, 1.165) is 22.6 Å². The molecule has 2 aromatic rings. The quantitative estimate of drug-likeness (QED) is 0.359. The van der Waals surface area contributed by atoms with E-state index in [1.807, 2.05) is 0 Å². The van der Waals surface area contributed by atoms with Gasteiger partial charge in [0.2, 0.25) is 5.16 Å². The minimum atomic E-state index is -0.686. The maximum Gasteiger partial charge on any atom is 0.276 e. The lowest BCUT2D eigenvalue weighted by Gasteiger charge is -2.01. The molecule has 0 aliphatic heterocycles.